The molecule has 1 atom stereocenters. The summed E-state index contributed by atoms with van der Waals surface area (Å²) in [6.07, 6.45) is 2.75. The first-order valence-electron chi connectivity index (χ1n) is 5.76. The van der Waals surface area contributed by atoms with Crippen LogP contribution in [0, 0.1) is 11.6 Å². The van der Waals surface area contributed by atoms with Gasteiger partial charge in [-0.2, -0.15) is 0 Å². The smallest absolute Gasteiger partial charge is 0.241 e. The molecule has 2 N–H and O–H groups in total. The van der Waals surface area contributed by atoms with Crippen molar-refractivity contribution < 1.29 is 13.6 Å². The molecule has 1 heterocycles. The van der Waals surface area contributed by atoms with E-state index in [1.54, 1.807) is 0 Å². The molecular weight excluding hydrogens is 306 g/mol. The molecule has 6 heteroatoms. The van der Waals surface area contributed by atoms with Gasteiger partial charge < -0.3 is 10.6 Å². The number of anilines is 1. The van der Waals surface area contributed by atoms with Crippen LogP contribution in [0.1, 0.15) is 19.3 Å². The lowest BCUT2D eigenvalue weighted by atomic mass is 10.0. The molecule has 0 saturated carbocycles. The van der Waals surface area contributed by atoms with Crippen LogP contribution in [0.25, 0.3) is 0 Å². The minimum absolute atomic E-state index is 0.0133. The van der Waals surface area contributed by atoms with Gasteiger partial charge in [0.1, 0.15) is 11.6 Å². The summed E-state index contributed by atoms with van der Waals surface area (Å²) in [6.45, 7) is 0.785. The molecule has 0 radical (unpaired) electrons. The molecule has 0 spiro atoms. The molecule has 1 saturated heterocycles. The monoisotopic (exact) mass is 318 g/mol. The number of nitrogens with one attached hydrogen (secondary N) is 2. The van der Waals surface area contributed by atoms with Gasteiger partial charge in [-0.1, -0.05) is 6.42 Å². The van der Waals surface area contributed by atoms with Crippen LogP contribution in [0.4, 0.5) is 14.5 Å². The molecular formula is C12H13BrF2N2O. The number of hydrogen-bond donors (Lipinski definition) is 2. The molecule has 0 unspecified atom stereocenters. The van der Waals surface area contributed by atoms with E-state index in [0.717, 1.165) is 31.9 Å². The molecule has 1 aromatic carbocycles. The summed E-state index contributed by atoms with van der Waals surface area (Å²) in [6, 6.07) is 1.67. The Hall–Kier alpha value is -1.01. The number of amides is 1. The fourth-order valence-electron chi connectivity index (χ4n) is 1.91. The van der Waals surface area contributed by atoms with E-state index in [2.05, 4.69) is 26.6 Å². The number of piperidine rings is 1. The summed E-state index contributed by atoms with van der Waals surface area (Å²) in [7, 11) is 0. The lowest BCUT2D eigenvalue weighted by Gasteiger charge is -2.22. The number of carbonyl (C=O) groups is 1. The Morgan fingerprint density at radius 3 is 2.78 bits per heavy atom. The average Bonchev–Trinajstić information content (AvgIpc) is 2.37. The fourth-order valence-corrected chi connectivity index (χ4v) is 2.26. The summed E-state index contributed by atoms with van der Waals surface area (Å²) in [5.41, 5.74) is -0.0133. The molecule has 2 rings (SSSR count). The molecule has 0 aromatic heterocycles. The molecule has 0 bridgehead atoms. The summed E-state index contributed by atoms with van der Waals surface area (Å²) in [5.74, 6) is -1.76. The van der Waals surface area contributed by atoms with Gasteiger partial charge in [0.2, 0.25) is 5.91 Å². The first-order chi connectivity index (χ1) is 8.58. The van der Waals surface area contributed by atoms with Gasteiger partial charge in [-0.3, -0.25) is 4.79 Å². The molecule has 1 aliphatic heterocycles. The third-order valence-electron chi connectivity index (χ3n) is 2.89. The van der Waals surface area contributed by atoms with E-state index < -0.39 is 11.6 Å². The van der Waals surface area contributed by atoms with Crippen LogP contribution < -0.4 is 10.6 Å². The number of carbonyl (C=O) groups excluding carboxylic acids is 1. The van der Waals surface area contributed by atoms with E-state index >= 15 is 0 Å². The predicted octanol–water partition coefficient (Wildman–Crippen LogP) is 2.81. The molecule has 1 aliphatic rings. The van der Waals surface area contributed by atoms with Crippen LogP contribution >= 0.6 is 15.9 Å². The maximum absolute atomic E-state index is 13.5. The van der Waals surface area contributed by atoms with Crippen molar-refractivity contribution in [3.8, 4) is 0 Å². The highest BCUT2D eigenvalue weighted by molar-refractivity contribution is 9.10. The molecule has 18 heavy (non-hydrogen) atoms. The highest BCUT2D eigenvalue weighted by Gasteiger charge is 2.21. The van der Waals surface area contributed by atoms with E-state index in [9.17, 15) is 13.6 Å². The molecule has 1 aromatic rings. The largest absolute Gasteiger partial charge is 0.322 e. The van der Waals surface area contributed by atoms with Crippen molar-refractivity contribution in [1.82, 2.24) is 5.32 Å². The Balaban J connectivity index is 2.08. The lowest BCUT2D eigenvalue weighted by Crippen LogP contribution is -2.43. The average molecular weight is 319 g/mol. The van der Waals surface area contributed by atoms with Gasteiger partial charge in [0.05, 0.1) is 16.2 Å². The van der Waals surface area contributed by atoms with Crippen molar-refractivity contribution >= 4 is 27.5 Å². The van der Waals surface area contributed by atoms with Gasteiger partial charge in [0, 0.05) is 6.07 Å². The van der Waals surface area contributed by atoms with E-state index in [1.807, 2.05) is 0 Å². The Bertz CT molecular complexity index is 462. The second kappa shape index (κ2) is 5.75. The van der Waals surface area contributed by atoms with Gasteiger partial charge in [-0.05, 0) is 41.4 Å². The molecule has 1 amide bonds. The molecule has 3 nitrogen and oxygen atoms in total. The summed E-state index contributed by atoms with van der Waals surface area (Å²) in [5, 5.41) is 5.54. The van der Waals surface area contributed by atoms with Crippen LogP contribution in [0.2, 0.25) is 0 Å². The third-order valence-corrected chi connectivity index (χ3v) is 3.50. The van der Waals surface area contributed by atoms with Gasteiger partial charge in [-0.15, -0.1) is 0 Å². The Morgan fingerprint density at radius 2 is 2.11 bits per heavy atom. The maximum Gasteiger partial charge on any atom is 0.241 e. The molecule has 0 aliphatic carbocycles. The zero-order valence-electron chi connectivity index (χ0n) is 9.60. The first-order valence-corrected chi connectivity index (χ1v) is 6.56. The first kappa shape index (κ1) is 13.4. The normalized spacial score (nSPS) is 19.6. The van der Waals surface area contributed by atoms with Crippen molar-refractivity contribution in [2.75, 3.05) is 11.9 Å². The zero-order chi connectivity index (χ0) is 13.1. The minimum Gasteiger partial charge on any atom is -0.322 e. The minimum atomic E-state index is -0.778. The van der Waals surface area contributed by atoms with E-state index in [1.165, 1.54) is 6.07 Å². The van der Waals surface area contributed by atoms with Crippen LogP contribution in [-0.2, 0) is 4.79 Å². The Kier molecular flexibility index (Phi) is 4.29. The SMILES string of the molecule is O=C(Nc1cc(Br)c(F)cc1F)[C@H]1CCCCN1. The molecule has 1 fully saturated rings. The summed E-state index contributed by atoms with van der Waals surface area (Å²) >= 11 is 2.96. The van der Waals surface area contributed by atoms with Crippen molar-refractivity contribution in [3.05, 3.63) is 28.2 Å². The summed E-state index contributed by atoms with van der Waals surface area (Å²) in [4.78, 5) is 11.9. The van der Waals surface area contributed by atoms with Crippen molar-refractivity contribution in [3.63, 3.8) is 0 Å². The van der Waals surface area contributed by atoms with Gasteiger partial charge in [-0.25, -0.2) is 8.78 Å². The van der Waals surface area contributed by atoms with Gasteiger partial charge in [0.25, 0.3) is 0 Å². The fraction of sp³-hybridized carbons (Fsp3) is 0.417. The maximum atomic E-state index is 13.5. The summed E-state index contributed by atoms with van der Waals surface area (Å²) < 4.78 is 26.6. The lowest BCUT2D eigenvalue weighted by molar-refractivity contribution is -0.118. The Labute approximate surface area is 112 Å². The predicted molar refractivity (Wildman–Crippen MR) is 68.3 cm³/mol. The number of benzene rings is 1. The second-order valence-corrected chi connectivity index (χ2v) is 5.09. The molecule has 98 valence electrons. The topological polar surface area (TPSA) is 41.1 Å². The highest BCUT2D eigenvalue weighted by Crippen LogP contribution is 2.24. The number of rotatable bonds is 2. The van der Waals surface area contributed by atoms with Crippen molar-refractivity contribution in [2.24, 2.45) is 0 Å². The van der Waals surface area contributed by atoms with E-state index in [0.29, 0.717) is 0 Å². The van der Waals surface area contributed by atoms with E-state index in [-0.39, 0.29) is 22.1 Å². The zero-order valence-corrected chi connectivity index (χ0v) is 11.2. The number of hydrogen-bond acceptors (Lipinski definition) is 2. The Morgan fingerprint density at radius 1 is 1.33 bits per heavy atom. The van der Waals surface area contributed by atoms with Crippen LogP contribution in [0.15, 0.2) is 16.6 Å². The third kappa shape index (κ3) is 3.05. The van der Waals surface area contributed by atoms with Crippen molar-refractivity contribution in [2.45, 2.75) is 25.3 Å². The standard InChI is InChI=1S/C12H13BrF2N2O/c13-7-5-11(9(15)6-8(7)14)17-12(18)10-3-1-2-4-16-10/h5-6,10,16H,1-4H2,(H,17,18)/t10-/m1/s1. The van der Waals surface area contributed by atoms with Gasteiger partial charge >= 0.3 is 0 Å². The van der Waals surface area contributed by atoms with Crippen molar-refractivity contribution in [1.29, 1.82) is 0 Å². The number of halogens is 3. The van der Waals surface area contributed by atoms with Gasteiger partial charge in [0.15, 0.2) is 0 Å². The van der Waals surface area contributed by atoms with E-state index in [4.69, 9.17) is 0 Å². The quantitative estimate of drug-likeness (QED) is 0.823. The van der Waals surface area contributed by atoms with Crippen LogP contribution in [-0.4, -0.2) is 18.5 Å². The van der Waals surface area contributed by atoms with Crippen LogP contribution in [0.3, 0.4) is 0 Å². The second-order valence-electron chi connectivity index (χ2n) is 4.24. The van der Waals surface area contributed by atoms with Crippen LogP contribution in [0.5, 0.6) is 0 Å². The highest BCUT2D eigenvalue weighted by atomic mass is 79.9.